The van der Waals surface area contributed by atoms with Crippen LogP contribution in [0, 0.1) is 42.4 Å². The monoisotopic (exact) mass is 772 g/mol. The maximum atomic E-state index is 7.67. The fraction of sp³-hybridized carbons (Fsp3) is 0.591. The van der Waals surface area contributed by atoms with Crippen LogP contribution >= 0.6 is 0 Å². The SMILES string of the molecule is COCCN1c2ccccc2-c2cccc(C34CC5CC(CC(C5)C3)C4)c2O[I-](C)(C)Oc2c1cc(C)cc2C12CC3CC(CC(C3)C1)C2. The van der Waals surface area contributed by atoms with Gasteiger partial charge in [0.05, 0.1) is 0 Å². The van der Waals surface area contributed by atoms with Crippen molar-refractivity contribution in [1.82, 2.24) is 0 Å². The molecule has 8 bridgehead atoms. The zero-order chi connectivity index (χ0) is 33.1. The van der Waals surface area contributed by atoms with E-state index >= 15 is 0 Å². The number of para-hydroxylation sites is 2. The van der Waals surface area contributed by atoms with Crippen LogP contribution in [0.25, 0.3) is 11.1 Å². The van der Waals surface area contributed by atoms with Gasteiger partial charge in [0, 0.05) is 0 Å². The van der Waals surface area contributed by atoms with E-state index in [0.717, 1.165) is 53.6 Å². The first kappa shape index (κ1) is 31.5. The topological polar surface area (TPSA) is 30.9 Å². The summed E-state index contributed by atoms with van der Waals surface area (Å²) in [5.74, 6) is 7.49. The van der Waals surface area contributed by atoms with E-state index in [0.29, 0.717) is 6.61 Å². The van der Waals surface area contributed by atoms with Gasteiger partial charge >= 0.3 is 301 Å². The fourth-order valence-corrected chi connectivity index (χ4v) is 16.6. The normalized spacial score (nSPS) is 36.7. The van der Waals surface area contributed by atoms with Crippen LogP contribution in [0.2, 0.25) is 0 Å². The van der Waals surface area contributed by atoms with Crippen molar-refractivity contribution in [2.24, 2.45) is 35.5 Å². The number of methoxy groups -OCH3 is 1. The number of fused-ring (bicyclic) bond motifs is 4. The van der Waals surface area contributed by atoms with E-state index in [9.17, 15) is 0 Å². The Bertz CT molecular complexity index is 1720. The van der Waals surface area contributed by atoms with Crippen molar-refractivity contribution in [3.63, 3.8) is 0 Å². The predicted octanol–water partition coefficient (Wildman–Crippen LogP) is 7.40. The first-order valence-corrected chi connectivity index (χ1v) is 25.5. The van der Waals surface area contributed by atoms with Gasteiger partial charge in [-0.2, -0.15) is 0 Å². The molecule has 8 fully saturated rings. The quantitative estimate of drug-likeness (QED) is 0.200. The Labute approximate surface area is 299 Å². The number of benzene rings is 3. The zero-order valence-electron chi connectivity index (χ0n) is 30.1. The second-order valence-corrected chi connectivity index (χ2v) is 25.0. The predicted molar refractivity (Wildman–Crippen MR) is 195 cm³/mol. The summed E-state index contributed by atoms with van der Waals surface area (Å²) in [5, 5.41) is 0. The number of ether oxygens (including phenoxy) is 1. The van der Waals surface area contributed by atoms with E-state index in [4.69, 9.17) is 10.9 Å². The fourth-order valence-electron chi connectivity index (χ4n) is 13.4. The molecule has 9 aliphatic rings. The minimum absolute atomic E-state index is 0.209. The van der Waals surface area contributed by atoms with Crippen molar-refractivity contribution in [3.05, 3.63) is 71.3 Å². The van der Waals surface area contributed by atoms with Crippen LogP contribution in [0.1, 0.15) is 93.7 Å². The van der Waals surface area contributed by atoms with Crippen LogP contribution in [-0.2, 0) is 15.6 Å². The van der Waals surface area contributed by atoms with Crippen LogP contribution in [0.5, 0.6) is 11.5 Å². The van der Waals surface area contributed by atoms with E-state index in [2.05, 4.69) is 76.3 Å². The Kier molecular flexibility index (Phi) is 7.31. The number of hydrogen-bond donors (Lipinski definition) is 0. The third kappa shape index (κ3) is 5.12. The van der Waals surface area contributed by atoms with E-state index in [1.165, 1.54) is 116 Å². The molecule has 0 saturated heterocycles. The Morgan fingerprint density at radius 2 is 1.18 bits per heavy atom. The van der Waals surface area contributed by atoms with Gasteiger partial charge in [0.2, 0.25) is 0 Å². The molecule has 5 heteroatoms. The van der Waals surface area contributed by atoms with Crippen molar-refractivity contribution >= 4 is 11.4 Å². The molecule has 3 aromatic rings. The first-order valence-electron chi connectivity index (χ1n) is 19.4. The van der Waals surface area contributed by atoms with Gasteiger partial charge < -0.3 is 0 Å². The molecule has 1 aliphatic heterocycles. The summed E-state index contributed by atoms with van der Waals surface area (Å²) in [7, 11) is 1.83. The van der Waals surface area contributed by atoms with Gasteiger partial charge in [-0.3, -0.25) is 0 Å². The molecule has 0 amide bonds. The molecule has 4 nitrogen and oxygen atoms in total. The van der Waals surface area contributed by atoms with Gasteiger partial charge in [-0.15, -0.1) is 0 Å². The second-order valence-electron chi connectivity index (χ2n) is 18.1. The molecule has 3 aromatic carbocycles. The average Bonchev–Trinajstić information content (AvgIpc) is 3.04. The third-order valence-electron chi connectivity index (χ3n) is 14.3. The van der Waals surface area contributed by atoms with Crippen LogP contribution < -0.4 is 30.3 Å². The van der Waals surface area contributed by atoms with Crippen molar-refractivity contribution in [2.75, 3.05) is 35.0 Å². The molecular formula is C44H55INO3-. The molecule has 0 aromatic heterocycles. The molecule has 0 atom stereocenters. The summed E-state index contributed by atoms with van der Waals surface area (Å²) in [5.41, 5.74) is 9.67. The van der Waals surface area contributed by atoms with Crippen molar-refractivity contribution < 1.29 is 30.1 Å². The number of anilines is 2. The number of rotatable bonds is 5. The number of aryl methyl sites for hydroxylation is 1. The van der Waals surface area contributed by atoms with Crippen LogP contribution in [0.4, 0.5) is 11.4 Å². The number of halogens is 1. The third-order valence-corrected chi connectivity index (χ3v) is 17.3. The van der Waals surface area contributed by atoms with Crippen molar-refractivity contribution in [3.8, 4) is 22.6 Å². The van der Waals surface area contributed by atoms with Gasteiger partial charge in [-0.1, -0.05) is 0 Å². The summed E-state index contributed by atoms with van der Waals surface area (Å²) in [4.78, 5) is 7.26. The molecule has 1 heterocycles. The molecule has 12 rings (SSSR count). The number of hydrogen-bond acceptors (Lipinski definition) is 4. The van der Waals surface area contributed by atoms with Crippen molar-refractivity contribution in [2.45, 2.75) is 94.8 Å². The van der Waals surface area contributed by atoms with Gasteiger partial charge in [-0.25, -0.2) is 0 Å². The maximum absolute atomic E-state index is 7.67. The Morgan fingerprint density at radius 3 is 1.78 bits per heavy atom. The summed E-state index contributed by atoms with van der Waals surface area (Å²) in [6.07, 6.45) is 16.6. The van der Waals surface area contributed by atoms with Crippen LogP contribution in [-0.4, -0.2) is 30.1 Å². The van der Waals surface area contributed by atoms with Crippen LogP contribution in [0.3, 0.4) is 0 Å². The molecule has 0 unspecified atom stereocenters. The summed E-state index contributed by atoms with van der Waals surface area (Å²) in [6, 6.07) is 21.2. The Balaban J connectivity index is 1.19. The molecule has 8 saturated carbocycles. The summed E-state index contributed by atoms with van der Waals surface area (Å²) < 4.78 is 21.1. The van der Waals surface area contributed by atoms with E-state index in [-0.39, 0.29) is 10.8 Å². The van der Waals surface area contributed by atoms with E-state index < -0.39 is 19.3 Å². The first-order chi connectivity index (χ1) is 23.7. The molecular weight excluding hydrogens is 717 g/mol. The molecule has 49 heavy (non-hydrogen) atoms. The second kappa shape index (κ2) is 11.4. The van der Waals surface area contributed by atoms with Crippen molar-refractivity contribution in [1.29, 1.82) is 0 Å². The molecule has 262 valence electrons. The summed E-state index contributed by atoms with van der Waals surface area (Å²) in [6.45, 7) is 3.72. The van der Waals surface area contributed by atoms with Gasteiger partial charge in [0.15, 0.2) is 0 Å². The number of alkyl halides is 2. The minimum atomic E-state index is -3.34. The van der Waals surface area contributed by atoms with E-state index in [1.807, 2.05) is 7.11 Å². The standard InChI is InChI=1S/C44H55INO3/c1-28-14-38(44-25-32-19-33(26-44)21-34(20-32)27-44)42-40(15-28)46(12-13-47-4)39-11-6-5-8-35(39)36-9-7-10-37(41(36)48-45(2,3)49-42)43-22-29-16-30(23-43)18-31(17-29)24-43/h5-11,14-15,29-34H,12-13,16-27H2,1-4H3/q-1. The summed E-state index contributed by atoms with van der Waals surface area (Å²) >= 11 is -3.34. The van der Waals surface area contributed by atoms with Gasteiger partial charge in [0.25, 0.3) is 0 Å². The molecule has 0 radical (unpaired) electrons. The molecule has 0 N–H and O–H groups in total. The van der Waals surface area contributed by atoms with Gasteiger partial charge in [-0.05, 0) is 0 Å². The molecule has 0 spiro atoms. The zero-order valence-corrected chi connectivity index (χ0v) is 32.3. The van der Waals surface area contributed by atoms with Gasteiger partial charge in [0.1, 0.15) is 0 Å². The Morgan fingerprint density at radius 1 is 0.653 bits per heavy atom. The van der Waals surface area contributed by atoms with Crippen LogP contribution in [0.15, 0.2) is 54.6 Å². The molecule has 8 aliphatic carbocycles. The number of nitrogens with zero attached hydrogens (tertiary/aromatic N) is 1. The average molecular weight is 773 g/mol. The Hall–Kier alpha value is -2.25. The van der Waals surface area contributed by atoms with E-state index in [1.54, 1.807) is 0 Å².